The maximum atomic E-state index is 4.48. The van der Waals surface area contributed by atoms with Crippen LogP contribution in [0.4, 0.5) is 5.95 Å². The van der Waals surface area contributed by atoms with Crippen molar-refractivity contribution in [1.82, 2.24) is 15.0 Å². The van der Waals surface area contributed by atoms with Crippen molar-refractivity contribution in [2.75, 3.05) is 18.0 Å². The molecule has 0 unspecified atom stereocenters. The highest BCUT2D eigenvalue weighted by molar-refractivity contribution is 5.75. The number of nitrogens with zero attached hydrogens (tertiary/aromatic N) is 3. The van der Waals surface area contributed by atoms with Gasteiger partial charge in [-0.05, 0) is 18.9 Å². The number of hydrogen-bond donors (Lipinski definition) is 1. The minimum Gasteiger partial charge on any atom is -0.346 e. The van der Waals surface area contributed by atoms with E-state index in [4.69, 9.17) is 0 Å². The Kier molecular flexibility index (Phi) is 1.65. The van der Waals surface area contributed by atoms with Gasteiger partial charge in [0.2, 0.25) is 5.95 Å². The summed E-state index contributed by atoms with van der Waals surface area (Å²) in [6, 6.07) is 1.99. The Morgan fingerprint density at radius 3 is 3.00 bits per heavy atom. The van der Waals surface area contributed by atoms with Crippen LogP contribution >= 0.6 is 0 Å². The second-order valence-electron chi connectivity index (χ2n) is 3.65. The zero-order valence-electron chi connectivity index (χ0n) is 7.90. The maximum Gasteiger partial charge on any atom is 0.227 e. The third-order valence-corrected chi connectivity index (χ3v) is 2.68. The number of fused-ring (bicyclic) bond motifs is 1. The van der Waals surface area contributed by atoms with Crippen LogP contribution in [0.3, 0.4) is 0 Å². The van der Waals surface area contributed by atoms with Crippen LogP contribution in [0.2, 0.25) is 0 Å². The summed E-state index contributed by atoms with van der Waals surface area (Å²) in [6.45, 7) is 2.18. The summed E-state index contributed by atoms with van der Waals surface area (Å²) in [5.74, 6) is 0.859. The van der Waals surface area contributed by atoms with Crippen LogP contribution in [0.25, 0.3) is 11.0 Å². The highest BCUT2D eigenvalue weighted by Gasteiger charge is 2.14. The van der Waals surface area contributed by atoms with Gasteiger partial charge in [-0.2, -0.15) is 4.98 Å². The Morgan fingerprint density at radius 1 is 1.29 bits per heavy atom. The molecule has 1 aliphatic heterocycles. The Hall–Kier alpha value is -1.58. The van der Waals surface area contributed by atoms with Gasteiger partial charge in [0.15, 0.2) is 0 Å². The lowest BCUT2D eigenvalue weighted by atomic mass is 10.4. The first-order chi connectivity index (χ1) is 6.93. The van der Waals surface area contributed by atoms with Gasteiger partial charge in [0.1, 0.15) is 5.65 Å². The highest BCUT2D eigenvalue weighted by Crippen LogP contribution is 2.17. The van der Waals surface area contributed by atoms with E-state index in [0.717, 1.165) is 30.1 Å². The van der Waals surface area contributed by atoms with Crippen molar-refractivity contribution < 1.29 is 0 Å². The number of H-pyrrole nitrogens is 1. The first-order valence-corrected chi connectivity index (χ1v) is 4.98. The number of aromatic nitrogens is 3. The summed E-state index contributed by atoms with van der Waals surface area (Å²) < 4.78 is 0. The zero-order valence-corrected chi connectivity index (χ0v) is 7.90. The largest absolute Gasteiger partial charge is 0.346 e. The van der Waals surface area contributed by atoms with Crippen molar-refractivity contribution in [3.8, 4) is 0 Å². The number of hydrogen-bond acceptors (Lipinski definition) is 3. The Balaban J connectivity index is 2.04. The average molecular weight is 188 g/mol. The van der Waals surface area contributed by atoms with Gasteiger partial charge in [-0.25, -0.2) is 4.98 Å². The quantitative estimate of drug-likeness (QED) is 0.738. The molecule has 3 rings (SSSR count). The van der Waals surface area contributed by atoms with E-state index in [9.17, 15) is 0 Å². The number of anilines is 1. The lowest BCUT2D eigenvalue weighted by molar-refractivity contribution is 0.905. The van der Waals surface area contributed by atoms with Gasteiger partial charge < -0.3 is 9.88 Å². The fourth-order valence-corrected chi connectivity index (χ4v) is 1.90. The predicted octanol–water partition coefficient (Wildman–Crippen LogP) is 1.56. The van der Waals surface area contributed by atoms with Crippen molar-refractivity contribution in [3.05, 3.63) is 18.5 Å². The second kappa shape index (κ2) is 2.97. The molecule has 0 aliphatic carbocycles. The van der Waals surface area contributed by atoms with Crippen molar-refractivity contribution in [1.29, 1.82) is 0 Å². The summed E-state index contributed by atoms with van der Waals surface area (Å²) in [4.78, 5) is 14.2. The van der Waals surface area contributed by atoms with Gasteiger partial charge in [-0.15, -0.1) is 0 Å². The minimum atomic E-state index is 0.859. The Labute approximate surface area is 82.0 Å². The van der Waals surface area contributed by atoms with Crippen LogP contribution in [0, 0.1) is 0 Å². The summed E-state index contributed by atoms with van der Waals surface area (Å²) in [5.41, 5.74) is 0.932. The first-order valence-electron chi connectivity index (χ1n) is 4.98. The van der Waals surface area contributed by atoms with E-state index >= 15 is 0 Å². The normalized spacial score (nSPS) is 16.7. The smallest absolute Gasteiger partial charge is 0.227 e. The molecule has 72 valence electrons. The lowest BCUT2D eigenvalue weighted by Crippen LogP contribution is -2.20. The molecular weight excluding hydrogens is 176 g/mol. The molecule has 4 heteroatoms. The fraction of sp³-hybridized carbons (Fsp3) is 0.400. The van der Waals surface area contributed by atoms with Gasteiger partial charge >= 0.3 is 0 Å². The van der Waals surface area contributed by atoms with Gasteiger partial charge in [0, 0.05) is 30.9 Å². The van der Waals surface area contributed by atoms with Crippen molar-refractivity contribution in [2.45, 2.75) is 12.8 Å². The topological polar surface area (TPSA) is 44.8 Å². The minimum absolute atomic E-state index is 0.859. The maximum absolute atomic E-state index is 4.48. The van der Waals surface area contributed by atoms with Gasteiger partial charge in [-0.1, -0.05) is 0 Å². The number of aromatic amines is 1. The van der Waals surface area contributed by atoms with Crippen molar-refractivity contribution in [3.63, 3.8) is 0 Å². The monoisotopic (exact) mass is 188 g/mol. The molecule has 1 aliphatic rings. The van der Waals surface area contributed by atoms with Crippen LogP contribution in [0.15, 0.2) is 18.5 Å². The molecule has 14 heavy (non-hydrogen) atoms. The molecule has 0 radical (unpaired) electrons. The summed E-state index contributed by atoms with van der Waals surface area (Å²) in [5, 5.41) is 1.08. The average Bonchev–Trinajstić information content (AvgIpc) is 2.88. The van der Waals surface area contributed by atoms with E-state index in [2.05, 4.69) is 19.9 Å². The molecule has 0 spiro atoms. The molecular formula is C10H12N4. The van der Waals surface area contributed by atoms with Crippen LogP contribution in [-0.4, -0.2) is 28.0 Å². The van der Waals surface area contributed by atoms with Crippen molar-refractivity contribution >= 4 is 17.0 Å². The number of rotatable bonds is 1. The molecule has 0 amide bonds. The van der Waals surface area contributed by atoms with Crippen molar-refractivity contribution in [2.24, 2.45) is 0 Å². The van der Waals surface area contributed by atoms with Crippen LogP contribution in [0.5, 0.6) is 0 Å². The molecule has 0 bridgehead atoms. The van der Waals surface area contributed by atoms with E-state index in [1.165, 1.54) is 12.8 Å². The predicted molar refractivity (Wildman–Crippen MR) is 55.3 cm³/mol. The fourth-order valence-electron chi connectivity index (χ4n) is 1.90. The van der Waals surface area contributed by atoms with Crippen LogP contribution in [-0.2, 0) is 0 Å². The van der Waals surface area contributed by atoms with E-state index in [1.54, 1.807) is 0 Å². The standard InChI is InChI=1S/C10H12N4/c1-2-6-14(5-1)10-12-7-8-3-4-11-9(8)13-10/h3-4,7H,1-2,5-6H2,(H,11,12,13). The van der Waals surface area contributed by atoms with E-state index in [0.29, 0.717) is 0 Å². The molecule has 2 aromatic rings. The van der Waals surface area contributed by atoms with E-state index < -0.39 is 0 Å². The molecule has 1 N–H and O–H groups in total. The first kappa shape index (κ1) is 7.79. The Bertz CT molecular complexity index is 442. The summed E-state index contributed by atoms with van der Waals surface area (Å²) in [7, 11) is 0. The van der Waals surface area contributed by atoms with E-state index in [-0.39, 0.29) is 0 Å². The second-order valence-corrected chi connectivity index (χ2v) is 3.65. The summed E-state index contributed by atoms with van der Waals surface area (Å²) in [6.07, 6.45) is 6.29. The molecule has 4 nitrogen and oxygen atoms in total. The molecule has 0 saturated carbocycles. The van der Waals surface area contributed by atoms with E-state index in [1.807, 2.05) is 18.5 Å². The van der Waals surface area contributed by atoms with Gasteiger partial charge in [0.25, 0.3) is 0 Å². The molecule has 0 atom stereocenters. The van der Waals surface area contributed by atoms with Gasteiger partial charge in [0.05, 0.1) is 0 Å². The zero-order chi connectivity index (χ0) is 9.38. The highest BCUT2D eigenvalue weighted by atomic mass is 15.3. The molecule has 2 aromatic heterocycles. The third-order valence-electron chi connectivity index (χ3n) is 2.68. The lowest BCUT2D eigenvalue weighted by Gasteiger charge is -2.13. The molecule has 3 heterocycles. The number of nitrogens with one attached hydrogen (secondary N) is 1. The third kappa shape index (κ3) is 1.14. The molecule has 1 fully saturated rings. The van der Waals surface area contributed by atoms with Crippen LogP contribution in [0.1, 0.15) is 12.8 Å². The summed E-state index contributed by atoms with van der Waals surface area (Å²) >= 11 is 0. The van der Waals surface area contributed by atoms with Crippen LogP contribution < -0.4 is 4.90 Å². The Morgan fingerprint density at radius 2 is 2.14 bits per heavy atom. The molecule has 0 aromatic carbocycles. The SMILES string of the molecule is c1cc2cnc(N3CCCC3)nc2[nH]1. The molecule has 1 saturated heterocycles. The van der Waals surface area contributed by atoms with Gasteiger partial charge in [-0.3, -0.25) is 0 Å².